The summed E-state index contributed by atoms with van der Waals surface area (Å²) in [6.45, 7) is 5.18. The number of benzene rings is 1. The molecule has 0 fully saturated rings. The number of hydrogen-bond acceptors (Lipinski definition) is 3. The van der Waals surface area contributed by atoms with Crippen LogP contribution in [0.4, 0.5) is 0 Å². The first kappa shape index (κ1) is 14.7. The van der Waals surface area contributed by atoms with E-state index in [2.05, 4.69) is 18.3 Å². The van der Waals surface area contributed by atoms with Crippen LogP contribution in [0.3, 0.4) is 0 Å². The molecular weight excluding hydrogens is 224 g/mol. The molecule has 1 rings (SSSR count). The smallest absolute Gasteiger partial charge is 0.0837 e. The lowest BCUT2D eigenvalue weighted by atomic mass is 10.0. The van der Waals surface area contributed by atoms with Crippen molar-refractivity contribution in [2.45, 2.75) is 25.7 Å². The molecule has 1 aromatic carbocycles. The topological polar surface area (TPSA) is 45.0 Å². The maximum atomic E-state index is 9.13. The highest BCUT2D eigenvalue weighted by Gasteiger charge is 2.08. The van der Waals surface area contributed by atoms with Crippen LogP contribution in [0.2, 0.25) is 0 Å². The summed E-state index contributed by atoms with van der Waals surface area (Å²) in [5.41, 5.74) is 1.07. The quantitative estimate of drug-likeness (QED) is 0.681. The van der Waals surface area contributed by atoms with Crippen molar-refractivity contribution >= 4 is 0 Å². The molecule has 0 saturated carbocycles. The zero-order valence-corrected chi connectivity index (χ0v) is 11.1. The van der Waals surface area contributed by atoms with E-state index in [1.54, 1.807) is 0 Å². The minimum Gasteiger partial charge on any atom is -0.380 e. The highest BCUT2D eigenvalue weighted by molar-refractivity contribution is 5.24. The maximum Gasteiger partial charge on any atom is 0.0837 e. The second-order valence-electron chi connectivity index (χ2n) is 4.26. The average Bonchev–Trinajstić information content (AvgIpc) is 2.43. The molecule has 0 aliphatic heterocycles. The fraction of sp³-hybridized carbons (Fsp3) is 0.533. The van der Waals surface area contributed by atoms with Crippen molar-refractivity contribution in [2.75, 3.05) is 26.3 Å². The Kier molecular flexibility index (Phi) is 7.87. The van der Waals surface area contributed by atoms with Gasteiger partial charge in [0, 0.05) is 19.7 Å². The zero-order valence-electron chi connectivity index (χ0n) is 11.1. The number of nitrogens with zero attached hydrogens (tertiary/aromatic N) is 1. The molecule has 0 saturated heterocycles. The number of ether oxygens (including phenoxy) is 1. The molecule has 3 heteroatoms. The summed E-state index contributed by atoms with van der Waals surface area (Å²) in [6.07, 6.45) is 2.28. The van der Waals surface area contributed by atoms with E-state index in [9.17, 15) is 0 Å². The van der Waals surface area contributed by atoms with Crippen molar-refractivity contribution in [2.24, 2.45) is 0 Å². The molecule has 0 heterocycles. The van der Waals surface area contributed by atoms with E-state index in [0.717, 1.165) is 31.6 Å². The van der Waals surface area contributed by atoms with Crippen LogP contribution in [0.5, 0.6) is 0 Å². The van der Waals surface area contributed by atoms with Crippen molar-refractivity contribution in [3.63, 3.8) is 0 Å². The fourth-order valence-corrected chi connectivity index (χ4v) is 1.66. The van der Waals surface area contributed by atoms with Gasteiger partial charge in [-0.25, -0.2) is 0 Å². The molecule has 0 aliphatic rings. The Balaban J connectivity index is 2.16. The summed E-state index contributed by atoms with van der Waals surface area (Å²) >= 11 is 0. The molecule has 3 nitrogen and oxygen atoms in total. The van der Waals surface area contributed by atoms with E-state index >= 15 is 0 Å². The standard InChI is InChI=1S/C15H22N2O/c1-2-3-10-18-11-9-17-13-15(12-16)14-7-5-4-6-8-14/h4-8,15,17H,2-3,9-11,13H2,1H3. The van der Waals surface area contributed by atoms with Crippen molar-refractivity contribution in [1.82, 2.24) is 5.32 Å². The van der Waals surface area contributed by atoms with Gasteiger partial charge in [0.15, 0.2) is 0 Å². The van der Waals surface area contributed by atoms with Crippen LogP contribution in [-0.4, -0.2) is 26.3 Å². The molecule has 0 radical (unpaired) electrons. The monoisotopic (exact) mass is 246 g/mol. The van der Waals surface area contributed by atoms with E-state index in [4.69, 9.17) is 10.00 Å². The molecule has 0 spiro atoms. The van der Waals surface area contributed by atoms with E-state index in [1.807, 2.05) is 30.3 Å². The molecule has 0 aromatic heterocycles. The molecule has 1 N–H and O–H groups in total. The van der Waals surface area contributed by atoms with Crippen LogP contribution >= 0.6 is 0 Å². The number of nitrogens with one attached hydrogen (secondary N) is 1. The molecule has 1 atom stereocenters. The van der Waals surface area contributed by atoms with Gasteiger partial charge < -0.3 is 10.1 Å². The largest absolute Gasteiger partial charge is 0.380 e. The molecule has 1 aromatic rings. The predicted molar refractivity (Wildman–Crippen MR) is 73.4 cm³/mol. The third kappa shape index (κ3) is 5.81. The summed E-state index contributed by atoms with van der Waals surface area (Å²) in [7, 11) is 0. The summed E-state index contributed by atoms with van der Waals surface area (Å²) in [6, 6.07) is 12.2. The summed E-state index contributed by atoms with van der Waals surface area (Å²) in [5, 5.41) is 12.4. The Morgan fingerprint density at radius 3 is 2.72 bits per heavy atom. The van der Waals surface area contributed by atoms with Gasteiger partial charge in [0.05, 0.1) is 18.6 Å². The summed E-state index contributed by atoms with van der Waals surface area (Å²) in [5.74, 6) is -0.0816. The van der Waals surface area contributed by atoms with Gasteiger partial charge in [-0.2, -0.15) is 5.26 Å². The first-order chi connectivity index (χ1) is 8.88. The van der Waals surface area contributed by atoms with Crippen molar-refractivity contribution < 1.29 is 4.74 Å². The first-order valence-electron chi connectivity index (χ1n) is 6.61. The van der Waals surface area contributed by atoms with E-state index in [1.165, 1.54) is 0 Å². The average molecular weight is 246 g/mol. The predicted octanol–water partition coefficient (Wildman–Crippen LogP) is 2.70. The number of hydrogen-bond donors (Lipinski definition) is 1. The Morgan fingerprint density at radius 1 is 1.28 bits per heavy atom. The Hall–Kier alpha value is -1.37. The maximum absolute atomic E-state index is 9.13. The van der Waals surface area contributed by atoms with Crippen molar-refractivity contribution in [1.29, 1.82) is 5.26 Å². The van der Waals surface area contributed by atoms with Gasteiger partial charge >= 0.3 is 0 Å². The van der Waals surface area contributed by atoms with Crippen molar-refractivity contribution in [3.8, 4) is 6.07 Å². The second kappa shape index (κ2) is 9.64. The van der Waals surface area contributed by atoms with Gasteiger partial charge in [-0.1, -0.05) is 43.7 Å². The van der Waals surface area contributed by atoms with Crippen LogP contribution in [0, 0.1) is 11.3 Å². The normalized spacial score (nSPS) is 12.0. The van der Waals surface area contributed by atoms with Crippen LogP contribution in [0.1, 0.15) is 31.2 Å². The molecular formula is C15H22N2O. The lowest BCUT2D eigenvalue weighted by Gasteiger charge is -2.11. The van der Waals surface area contributed by atoms with Gasteiger partial charge in [0.2, 0.25) is 0 Å². The molecule has 0 amide bonds. The molecule has 0 aliphatic carbocycles. The van der Waals surface area contributed by atoms with E-state index in [-0.39, 0.29) is 5.92 Å². The molecule has 18 heavy (non-hydrogen) atoms. The van der Waals surface area contributed by atoms with Crippen LogP contribution in [-0.2, 0) is 4.74 Å². The Labute approximate surface area is 110 Å². The molecule has 0 bridgehead atoms. The van der Waals surface area contributed by atoms with Gasteiger partial charge in [-0.05, 0) is 12.0 Å². The molecule has 1 unspecified atom stereocenters. The van der Waals surface area contributed by atoms with Gasteiger partial charge in [0.25, 0.3) is 0 Å². The van der Waals surface area contributed by atoms with Crippen LogP contribution in [0.15, 0.2) is 30.3 Å². The number of unbranched alkanes of at least 4 members (excludes halogenated alkanes) is 1. The third-order valence-corrected chi connectivity index (χ3v) is 2.77. The highest BCUT2D eigenvalue weighted by atomic mass is 16.5. The Morgan fingerprint density at radius 2 is 2.06 bits per heavy atom. The second-order valence-corrected chi connectivity index (χ2v) is 4.26. The minimum atomic E-state index is -0.0816. The van der Waals surface area contributed by atoms with Gasteiger partial charge in [-0.3, -0.25) is 0 Å². The van der Waals surface area contributed by atoms with Crippen molar-refractivity contribution in [3.05, 3.63) is 35.9 Å². The first-order valence-corrected chi connectivity index (χ1v) is 6.61. The van der Waals surface area contributed by atoms with Crippen LogP contribution < -0.4 is 5.32 Å². The Bertz CT molecular complexity index is 345. The minimum absolute atomic E-state index is 0.0816. The lowest BCUT2D eigenvalue weighted by Crippen LogP contribution is -2.25. The van der Waals surface area contributed by atoms with Crippen LogP contribution in [0.25, 0.3) is 0 Å². The summed E-state index contributed by atoms with van der Waals surface area (Å²) in [4.78, 5) is 0. The fourth-order valence-electron chi connectivity index (χ4n) is 1.66. The van der Waals surface area contributed by atoms with Gasteiger partial charge in [-0.15, -0.1) is 0 Å². The van der Waals surface area contributed by atoms with E-state index < -0.39 is 0 Å². The number of rotatable bonds is 9. The lowest BCUT2D eigenvalue weighted by molar-refractivity contribution is 0.133. The SMILES string of the molecule is CCCCOCCNCC(C#N)c1ccccc1. The van der Waals surface area contributed by atoms with Gasteiger partial charge in [0.1, 0.15) is 0 Å². The highest BCUT2D eigenvalue weighted by Crippen LogP contribution is 2.12. The molecule has 98 valence electrons. The number of nitriles is 1. The third-order valence-electron chi connectivity index (χ3n) is 2.77. The van der Waals surface area contributed by atoms with E-state index in [0.29, 0.717) is 13.2 Å². The summed E-state index contributed by atoms with van der Waals surface area (Å²) < 4.78 is 5.45. The zero-order chi connectivity index (χ0) is 13.1.